The Labute approximate surface area is 238 Å². The molecule has 4 nitrogen and oxygen atoms in total. The minimum atomic E-state index is -1.06. The fourth-order valence-electron chi connectivity index (χ4n) is 4.93. The van der Waals surface area contributed by atoms with Crippen molar-refractivity contribution in [2.45, 2.75) is 37.6 Å². The highest BCUT2D eigenvalue weighted by molar-refractivity contribution is 6.42. The molecule has 0 aromatic heterocycles. The zero-order chi connectivity index (χ0) is 26.4. The lowest BCUT2D eigenvalue weighted by Gasteiger charge is -2.32. The highest BCUT2D eigenvalue weighted by Gasteiger charge is 2.39. The zero-order valence-electron chi connectivity index (χ0n) is 20.3. The molecule has 1 saturated heterocycles. The molecule has 3 aromatic rings. The maximum Gasteiger partial charge on any atom is 0.404 e. The van der Waals surface area contributed by atoms with Crippen LogP contribution in [0.4, 0.5) is 4.79 Å². The van der Waals surface area contributed by atoms with Gasteiger partial charge in [0.25, 0.3) is 0 Å². The molecular formula is C29H30Cl4N2O2. The first-order valence-corrected chi connectivity index (χ1v) is 13.9. The van der Waals surface area contributed by atoms with Crippen molar-refractivity contribution < 1.29 is 9.90 Å². The van der Waals surface area contributed by atoms with Gasteiger partial charge in [0.1, 0.15) is 0 Å². The molecule has 1 aliphatic heterocycles. The minimum Gasteiger partial charge on any atom is -0.465 e. The molecule has 2 atom stereocenters. The zero-order valence-corrected chi connectivity index (χ0v) is 23.4. The standard InChI is InChI=1S/C21H23Cl2N.C8H7Cl2NO2/c22-20-7-6-17(13-21(20)23)19-12-18(19)14-24-10-8-16(9-11-24)15-4-2-1-3-5-15;9-6-2-1-5(3-7(6)10)4-11-8(12)13/h1-7,13,16,18-19H,8-12,14H2;1-3,11H,4H2,(H,12,13)/t18-,19+;/m0./s1. The molecule has 2 aliphatic rings. The van der Waals surface area contributed by atoms with E-state index in [1.807, 2.05) is 6.07 Å². The molecule has 0 radical (unpaired) electrons. The third-order valence-corrected chi connectivity index (χ3v) is 8.55. The molecule has 2 fully saturated rings. The normalized spacial score (nSPS) is 19.6. The van der Waals surface area contributed by atoms with Gasteiger partial charge in [-0.25, -0.2) is 4.79 Å². The maximum atomic E-state index is 10.2. The number of nitrogens with one attached hydrogen (secondary N) is 1. The molecular weight excluding hydrogens is 550 g/mol. The molecule has 1 amide bonds. The fraction of sp³-hybridized carbons (Fsp3) is 0.345. The van der Waals surface area contributed by atoms with Gasteiger partial charge in [-0.1, -0.05) is 88.9 Å². The Morgan fingerprint density at radius 1 is 0.838 bits per heavy atom. The third-order valence-electron chi connectivity index (χ3n) is 7.07. The van der Waals surface area contributed by atoms with E-state index in [9.17, 15) is 4.79 Å². The largest absolute Gasteiger partial charge is 0.465 e. The highest BCUT2D eigenvalue weighted by atomic mass is 35.5. The van der Waals surface area contributed by atoms with E-state index in [0.29, 0.717) is 26.0 Å². The Morgan fingerprint density at radius 3 is 2.11 bits per heavy atom. The second-order valence-corrected chi connectivity index (χ2v) is 11.3. The van der Waals surface area contributed by atoms with Crippen LogP contribution in [0.25, 0.3) is 0 Å². The number of hydrogen-bond acceptors (Lipinski definition) is 2. The Hall–Kier alpha value is -1.95. The molecule has 1 aliphatic carbocycles. The summed E-state index contributed by atoms with van der Waals surface area (Å²) in [4.78, 5) is 12.8. The Kier molecular flexibility index (Phi) is 10.0. The number of carboxylic acid groups (broad SMARTS) is 1. The number of halogens is 4. The average molecular weight is 580 g/mol. The first-order chi connectivity index (χ1) is 17.8. The van der Waals surface area contributed by atoms with E-state index in [-0.39, 0.29) is 6.54 Å². The molecule has 0 unspecified atom stereocenters. The van der Waals surface area contributed by atoms with Crippen molar-refractivity contribution in [1.82, 2.24) is 10.2 Å². The van der Waals surface area contributed by atoms with E-state index in [1.165, 1.54) is 50.0 Å². The lowest BCUT2D eigenvalue weighted by Crippen LogP contribution is -2.34. The number of amides is 1. The summed E-state index contributed by atoms with van der Waals surface area (Å²) < 4.78 is 0. The van der Waals surface area contributed by atoms with Gasteiger partial charge in [-0.05, 0) is 91.1 Å². The maximum absolute atomic E-state index is 10.2. The van der Waals surface area contributed by atoms with Crippen molar-refractivity contribution in [2.24, 2.45) is 5.92 Å². The van der Waals surface area contributed by atoms with E-state index >= 15 is 0 Å². The van der Waals surface area contributed by atoms with Crippen molar-refractivity contribution >= 4 is 52.5 Å². The van der Waals surface area contributed by atoms with E-state index in [1.54, 1.807) is 18.2 Å². The van der Waals surface area contributed by atoms with Crippen LogP contribution >= 0.6 is 46.4 Å². The second-order valence-electron chi connectivity index (χ2n) is 9.67. The summed E-state index contributed by atoms with van der Waals surface area (Å²) in [5.74, 6) is 2.20. The van der Waals surface area contributed by atoms with Crippen LogP contribution in [-0.2, 0) is 6.54 Å². The van der Waals surface area contributed by atoms with Crippen LogP contribution in [0.3, 0.4) is 0 Å². The minimum absolute atomic E-state index is 0.228. The number of hydrogen-bond donors (Lipinski definition) is 2. The highest BCUT2D eigenvalue weighted by Crippen LogP contribution is 2.49. The molecule has 196 valence electrons. The monoisotopic (exact) mass is 578 g/mol. The molecule has 3 aromatic carbocycles. The van der Waals surface area contributed by atoms with E-state index < -0.39 is 6.09 Å². The van der Waals surface area contributed by atoms with E-state index in [2.05, 4.69) is 52.7 Å². The summed E-state index contributed by atoms with van der Waals surface area (Å²) in [5.41, 5.74) is 3.64. The van der Waals surface area contributed by atoms with Gasteiger partial charge in [0.05, 0.1) is 20.1 Å². The second kappa shape index (κ2) is 13.2. The van der Waals surface area contributed by atoms with Gasteiger partial charge in [0, 0.05) is 13.1 Å². The number of piperidine rings is 1. The number of rotatable bonds is 6. The van der Waals surface area contributed by atoms with Crippen LogP contribution in [0.1, 0.15) is 47.8 Å². The van der Waals surface area contributed by atoms with Gasteiger partial charge < -0.3 is 15.3 Å². The predicted molar refractivity (Wildman–Crippen MR) is 153 cm³/mol. The van der Waals surface area contributed by atoms with Crippen molar-refractivity contribution in [3.63, 3.8) is 0 Å². The van der Waals surface area contributed by atoms with E-state index in [0.717, 1.165) is 17.4 Å². The Bertz CT molecular complexity index is 1200. The first-order valence-electron chi connectivity index (χ1n) is 12.4. The number of likely N-dealkylation sites (tertiary alicyclic amines) is 1. The van der Waals surface area contributed by atoms with Gasteiger partial charge in [-0.15, -0.1) is 0 Å². The Morgan fingerprint density at radius 2 is 1.49 bits per heavy atom. The molecule has 1 heterocycles. The van der Waals surface area contributed by atoms with E-state index in [4.69, 9.17) is 51.5 Å². The molecule has 2 N–H and O–H groups in total. The molecule has 8 heteroatoms. The van der Waals surface area contributed by atoms with Gasteiger partial charge in [-0.3, -0.25) is 0 Å². The van der Waals surface area contributed by atoms with Crippen LogP contribution in [0.5, 0.6) is 0 Å². The Balaban J connectivity index is 0.000000209. The van der Waals surface area contributed by atoms with Crippen molar-refractivity contribution in [3.8, 4) is 0 Å². The summed E-state index contributed by atoms with van der Waals surface area (Å²) in [7, 11) is 0. The first kappa shape index (κ1) is 28.1. The predicted octanol–water partition coefficient (Wildman–Crippen LogP) is 8.74. The molecule has 0 spiro atoms. The number of nitrogens with zero attached hydrogens (tertiary/aromatic N) is 1. The van der Waals surface area contributed by atoms with Gasteiger partial charge in [0.2, 0.25) is 0 Å². The van der Waals surface area contributed by atoms with Crippen molar-refractivity contribution in [3.05, 3.63) is 104 Å². The molecule has 1 saturated carbocycles. The number of benzene rings is 3. The van der Waals surface area contributed by atoms with Gasteiger partial charge >= 0.3 is 6.09 Å². The number of carbonyl (C=O) groups is 1. The lowest BCUT2D eigenvalue weighted by molar-refractivity contribution is 0.194. The quantitative estimate of drug-likeness (QED) is 0.307. The van der Waals surface area contributed by atoms with Crippen LogP contribution in [-0.4, -0.2) is 35.7 Å². The lowest BCUT2D eigenvalue weighted by atomic mass is 9.89. The molecule has 37 heavy (non-hydrogen) atoms. The third kappa shape index (κ3) is 8.27. The summed E-state index contributed by atoms with van der Waals surface area (Å²) in [6.45, 7) is 3.91. The van der Waals surface area contributed by atoms with Crippen LogP contribution < -0.4 is 5.32 Å². The smallest absolute Gasteiger partial charge is 0.404 e. The SMILES string of the molecule is Clc1ccc([C@H]2C[C@H]2CN2CCC(c3ccccc3)CC2)cc1Cl.O=C(O)NCc1ccc(Cl)c(Cl)c1. The summed E-state index contributed by atoms with van der Waals surface area (Å²) >= 11 is 23.6. The average Bonchev–Trinajstić information content (AvgIpc) is 3.67. The fourth-order valence-corrected chi connectivity index (χ4v) is 5.56. The van der Waals surface area contributed by atoms with Crippen LogP contribution in [0, 0.1) is 5.92 Å². The van der Waals surface area contributed by atoms with Crippen LogP contribution in [0.15, 0.2) is 66.7 Å². The van der Waals surface area contributed by atoms with Gasteiger partial charge in [0.15, 0.2) is 0 Å². The van der Waals surface area contributed by atoms with Crippen molar-refractivity contribution in [1.29, 1.82) is 0 Å². The molecule has 5 rings (SSSR count). The van der Waals surface area contributed by atoms with Gasteiger partial charge in [-0.2, -0.15) is 0 Å². The summed E-state index contributed by atoms with van der Waals surface area (Å²) in [5, 5.41) is 12.8. The summed E-state index contributed by atoms with van der Waals surface area (Å²) in [6, 6.07) is 22.1. The summed E-state index contributed by atoms with van der Waals surface area (Å²) in [6.07, 6.45) is 2.80. The molecule has 0 bridgehead atoms. The van der Waals surface area contributed by atoms with Crippen molar-refractivity contribution in [2.75, 3.05) is 19.6 Å². The topological polar surface area (TPSA) is 52.6 Å². The van der Waals surface area contributed by atoms with Crippen LogP contribution in [0.2, 0.25) is 20.1 Å².